The third-order valence-electron chi connectivity index (χ3n) is 9.40. The molecule has 5 aromatic rings. The number of aromatic nitrogens is 3. The van der Waals surface area contributed by atoms with E-state index >= 15 is 0 Å². The van der Waals surface area contributed by atoms with Crippen LogP contribution in [0.15, 0.2) is 48.7 Å². The first-order chi connectivity index (χ1) is 16.8. The second kappa shape index (κ2) is 6.97. The number of benzene rings is 2. The van der Waals surface area contributed by atoms with E-state index in [9.17, 15) is 0 Å². The highest BCUT2D eigenvalue weighted by Crippen LogP contribution is 2.53. The number of rotatable bonds is 1. The minimum Gasteiger partial charge on any atom is -0.255 e. The fourth-order valence-corrected chi connectivity index (χ4v) is 6.81. The van der Waals surface area contributed by atoms with Crippen LogP contribution in [0.5, 0.6) is 0 Å². The summed E-state index contributed by atoms with van der Waals surface area (Å²) in [6.07, 6.45) is 2.13. The summed E-state index contributed by atoms with van der Waals surface area (Å²) in [5.41, 5.74) is 12.8. The van der Waals surface area contributed by atoms with Gasteiger partial charge in [0.05, 0.1) is 23.3 Å². The van der Waals surface area contributed by atoms with Gasteiger partial charge in [-0.05, 0) is 36.0 Å². The molecule has 0 saturated heterocycles. The first kappa shape index (κ1) is 23.2. The number of hydrogen-bond donors (Lipinski definition) is 0. The van der Waals surface area contributed by atoms with Gasteiger partial charge >= 0.3 is 0 Å². The lowest BCUT2D eigenvalue weighted by atomic mass is 9.60. The summed E-state index contributed by atoms with van der Waals surface area (Å²) in [7, 11) is 2.25. The number of fused-ring (bicyclic) bond motifs is 3. The predicted octanol–water partition coefficient (Wildman–Crippen LogP) is 7.62. The van der Waals surface area contributed by atoms with Crippen LogP contribution in [-0.2, 0) is 23.3 Å². The van der Waals surface area contributed by atoms with Crippen molar-refractivity contribution in [2.75, 3.05) is 0 Å². The average molecular weight is 477 g/mol. The van der Waals surface area contributed by atoms with Crippen LogP contribution >= 0.6 is 0 Å². The zero-order chi connectivity index (χ0) is 25.9. The maximum Gasteiger partial charge on any atom is 0.297 e. The molecular weight excluding hydrogens is 438 g/mol. The predicted molar refractivity (Wildman–Crippen MR) is 151 cm³/mol. The molecule has 0 bridgehead atoms. The Labute approximate surface area is 214 Å². The molecule has 0 atom stereocenters. The van der Waals surface area contributed by atoms with E-state index in [4.69, 9.17) is 4.98 Å². The van der Waals surface area contributed by atoms with Crippen LogP contribution in [0.4, 0.5) is 0 Å². The van der Waals surface area contributed by atoms with Crippen LogP contribution in [0.2, 0.25) is 0 Å². The Hall–Kier alpha value is -3.20. The maximum atomic E-state index is 5.22. The van der Waals surface area contributed by atoms with E-state index in [1.54, 1.807) is 0 Å². The molecular formula is C33H38N3+. The summed E-state index contributed by atoms with van der Waals surface area (Å²) in [4.78, 5) is 5.22. The highest BCUT2D eigenvalue weighted by molar-refractivity contribution is 6.13. The van der Waals surface area contributed by atoms with Crippen molar-refractivity contribution in [3.05, 3.63) is 76.6 Å². The summed E-state index contributed by atoms with van der Waals surface area (Å²) >= 11 is 0. The molecule has 0 amide bonds. The van der Waals surface area contributed by atoms with Gasteiger partial charge in [0.25, 0.3) is 5.65 Å². The molecule has 2 aromatic carbocycles. The van der Waals surface area contributed by atoms with Crippen LogP contribution in [0.3, 0.4) is 0 Å². The smallest absolute Gasteiger partial charge is 0.255 e. The second-order valence-corrected chi connectivity index (χ2v) is 13.0. The van der Waals surface area contributed by atoms with Crippen molar-refractivity contribution in [1.29, 1.82) is 0 Å². The molecule has 36 heavy (non-hydrogen) atoms. The summed E-state index contributed by atoms with van der Waals surface area (Å²) in [5, 5.41) is 2.57. The number of pyridine rings is 2. The Kier molecular flexibility index (Phi) is 4.49. The largest absolute Gasteiger partial charge is 0.297 e. The molecule has 4 heterocycles. The van der Waals surface area contributed by atoms with Crippen molar-refractivity contribution >= 4 is 27.5 Å². The summed E-state index contributed by atoms with van der Waals surface area (Å²) in [6, 6.07) is 15.6. The van der Waals surface area contributed by atoms with Gasteiger partial charge in [0.2, 0.25) is 0 Å². The summed E-state index contributed by atoms with van der Waals surface area (Å²) in [6.45, 7) is 21.1. The first-order valence-electron chi connectivity index (χ1n) is 13.2. The lowest BCUT2D eigenvalue weighted by Crippen LogP contribution is -2.44. The molecule has 184 valence electrons. The van der Waals surface area contributed by atoms with Gasteiger partial charge in [0.1, 0.15) is 5.52 Å². The lowest BCUT2D eigenvalue weighted by Gasteiger charge is -2.43. The van der Waals surface area contributed by atoms with Crippen molar-refractivity contribution in [3.63, 3.8) is 0 Å². The molecule has 0 spiro atoms. The Morgan fingerprint density at radius 3 is 2.17 bits per heavy atom. The van der Waals surface area contributed by atoms with Crippen molar-refractivity contribution in [2.45, 2.75) is 78.6 Å². The molecule has 0 radical (unpaired) electrons. The molecule has 0 unspecified atom stereocenters. The van der Waals surface area contributed by atoms with Gasteiger partial charge in [-0.2, -0.15) is 4.40 Å². The van der Waals surface area contributed by atoms with Crippen LogP contribution in [0.1, 0.15) is 76.4 Å². The topological polar surface area (TPSA) is 21.2 Å². The van der Waals surface area contributed by atoms with Crippen LogP contribution in [-0.4, -0.2) is 9.38 Å². The van der Waals surface area contributed by atoms with Crippen molar-refractivity contribution < 1.29 is 4.57 Å². The second-order valence-electron chi connectivity index (χ2n) is 13.0. The highest BCUT2D eigenvalue weighted by atomic mass is 15.1. The minimum atomic E-state index is -0.103. The maximum absolute atomic E-state index is 5.22. The van der Waals surface area contributed by atoms with Gasteiger partial charge in [-0.1, -0.05) is 90.9 Å². The Morgan fingerprint density at radius 2 is 1.53 bits per heavy atom. The normalized spacial score (nSPS) is 16.5. The van der Waals surface area contributed by atoms with Gasteiger partial charge in [-0.3, -0.25) is 4.98 Å². The summed E-state index contributed by atoms with van der Waals surface area (Å²) < 4.78 is 5.05. The molecule has 6 rings (SSSR count). The molecule has 1 aliphatic heterocycles. The molecule has 3 heteroatoms. The van der Waals surface area contributed by atoms with E-state index in [1.165, 1.54) is 61.1 Å². The van der Waals surface area contributed by atoms with E-state index in [1.807, 2.05) is 0 Å². The quantitative estimate of drug-likeness (QED) is 0.180. The first-order valence-corrected chi connectivity index (χ1v) is 13.2. The number of nitrogens with zero attached hydrogens (tertiary/aromatic N) is 3. The van der Waals surface area contributed by atoms with E-state index in [-0.39, 0.29) is 16.2 Å². The van der Waals surface area contributed by atoms with Crippen molar-refractivity contribution in [2.24, 2.45) is 7.05 Å². The van der Waals surface area contributed by atoms with Gasteiger partial charge < -0.3 is 0 Å². The Bertz CT molecular complexity index is 1730. The van der Waals surface area contributed by atoms with Crippen molar-refractivity contribution in [1.82, 2.24) is 9.38 Å². The van der Waals surface area contributed by atoms with Crippen LogP contribution < -0.4 is 4.57 Å². The van der Waals surface area contributed by atoms with Gasteiger partial charge in [0, 0.05) is 28.2 Å². The monoisotopic (exact) mass is 476 g/mol. The van der Waals surface area contributed by atoms with Crippen LogP contribution in [0, 0.1) is 13.8 Å². The molecule has 1 aliphatic rings. The Morgan fingerprint density at radius 1 is 0.861 bits per heavy atom. The molecule has 3 nitrogen and oxygen atoms in total. The molecule has 0 N–H and O–H groups in total. The Balaban J connectivity index is 2.02. The van der Waals surface area contributed by atoms with Gasteiger partial charge in [-0.15, -0.1) is 0 Å². The van der Waals surface area contributed by atoms with Crippen molar-refractivity contribution in [3.8, 4) is 11.3 Å². The minimum absolute atomic E-state index is 0.0166. The molecule has 3 aromatic heterocycles. The SMILES string of the molecule is Cc1ccc2c3c1c1ncc(C(C)(C)C)c(C)c1c1n3c(c(-c3ccccc3)[n+]1C)C(C)(C)C2(C)C. The lowest BCUT2D eigenvalue weighted by molar-refractivity contribution is -0.632. The average Bonchev–Trinajstić information content (AvgIpc) is 3.12. The zero-order valence-corrected chi connectivity index (χ0v) is 23.5. The highest BCUT2D eigenvalue weighted by Gasteiger charge is 2.53. The zero-order valence-electron chi connectivity index (χ0n) is 23.5. The number of aryl methyl sites for hydroxylation is 3. The summed E-state index contributed by atoms with van der Waals surface area (Å²) in [5.74, 6) is 0. The molecule has 0 aliphatic carbocycles. The van der Waals surface area contributed by atoms with E-state index in [2.05, 4.69) is 127 Å². The van der Waals surface area contributed by atoms with E-state index in [0.29, 0.717) is 0 Å². The van der Waals surface area contributed by atoms with E-state index < -0.39 is 0 Å². The fourth-order valence-electron chi connectivity index (χ4n) is 6.81. The number of imidazole rings is 1. The van der Waals surface area contributed by atoms with Gasteiger partial charge in [-0.25, -0.2) is 4.57 Å². The molecule has 0 saturated carbocycles. The van der Waals surface area contributed by atoms with E-state index in [0.717, 1.165) is 5.52 Å². The van der Waals surface area contributed by atoms with Crippen LogP contribution in [0.25, 0.3) is 38.7 Å². The standard InChI is InChI=1S/C33H38N3/c1-19-16-17-22-28-24(19)26-25(20(2)23(18-34-26)31(3,4)5)30-35(10)27(21-14-12-11-13-15-21)29(36(28)30)33(8,9)32(22,6)7/h11-18H,1-10H3/q+1. The number of hydrogen-bond acceptors (Lipinski definition) is 1. The third kappa shape index (κ3) is 2.64. The third-order valence-corrected chi connectivity index (χ3v) is 9.40. The molecule has 0 fully saturated rings. The fraction of sp³-hybridized carbons (Fsp3) is 0.394. The van der Waals surface area contributed by atoms with Gasteiger partial charge in [0.15, 0.2) is 11.4 Å².